The van der Waals surface area contributed by atoms with Crippen molar-refractivity contribution in [1.29, 1.82) is 0 Å². The third-order valence-corrected chi connectivity index (χ3v) is 30.3. The van der Waals surface area contributed by atoms with E-state index < -0.39 is 0 Å². The molecule has 700 valence electrons. The van der Waals surface area contributed by atoms with Gasteiger partial charge in [-0.25, -0.2) is 4.98 Å². The van der Waals surface area contributed by atoms with Crippen LogP contribution in [0, 0.1) is 0 Å². The molecule has 10 aromatic heterocycles. The minimum atomic E-state index is 0.969. The van der Waals surface area contributed by atoms with Crippen molar-refractivity contribution in [3.8, 4) is 112 Å². The van der Waals surface area contributed by atoms with Gasteiger partial charge in [0.2, 0.25) is 0 Å². The van der Waals surface area contributed by atoms with Crippen molar-refractivity contribution in [1.82, 2.24) is 47.3 Å². The molecular weight excluding hydrogens is 1820 g/mol. The lowest BCUT2D eigenvalue weighted by atomic mass is 10.00. The van der Waals surface area contributed by atoms with Gasteiger partial charge in [-0.3, -0.25) is 19.5 Å². The number of nitrogens with zero attached hydrogens (tertiary/aromatic N) is 10. The van der Waals surface area contributed by atoms with Gasteiger partial charge in [-0.05, 0) is 266 Å². The highest BCUT2D eigenvalue weighted by Crippen LogP contribution is 2.47. The van der Waals surface area contributed by atoms with Gasteiger partial charge >= 0.3 is 0 Å². The fraction of sp³-hybridized carbons (Fsp3) is 0. The van der Waals surface area contributed by atoms with Crippen LogP contribution >= 0.6 is 0 Å². The summed E-state index contributed by atoms with van der Waals surface area (Å²) in [5.41, 5.74) is 40.3. The molecule has 10 heteroatoms. The zero-order valence-electron chi connectivity index (χ0n) is 81.4. The maximum atomic E-state index is 4.94. The Bertz CT molecular complexity index is 10800. The Morgan fingerprint density at radius 2 is 0.347 bits per heavy atom. The summed E-state index contributed by atoms with van der Waals surface area (Å²) in [6, 6.07) is 187. The van der Waals surface area contributed by atoms with Gasteiger partial charge in [0.05, 0.1) is 95.8 Å². The summed E-state index contributed by atoms with van der Waals surface area (Å²) in [6.07, 6.45) is 7.97. The standard InChI is InChI=1S/2C51H33N3.C38H24N4/c1-3-13-34(14-4-1)36-17-11-19-40(29-36)53-47-24-10-8-21-42(47)44-31-38(25-27-48(44)53)39-26-28-49-45(32-39)51-43-22-7-9-23-46(43)52-33-50(51)54(49)41-20-12-18-37(30-41)35-15-5-2-6-16-35;1-3-11-34(12-4-1)36-19-25-40(26-20-36)53-47-18-10-8-15-42(47)44-31-38(23-29-48(44)53)39-24-30-49-45(32-39)51-43-16-7-9-17-46(43)52-33-50(51)54(49)41-27-21-37(22-28-41)35-13-5-2-6-14-35;1-3-10-27(11-4-1)41-35-20-18-26(23-32(35)37-30-14-7-8-16-33(30)40-24-36(37)41)25-17-19-34-31(22-25)29-15-9-21-39-38(29)42(34)28-12-5-2-6-13-28/h2*1-33H;1-24H. The number of hydrogen-bond donors (Lipinski definition) is 0. The molecule has 0 bridgehead atoms. The fourth-order valence-electron chi connectivity index (χ4n) is 23.4. The van der Waals surface area contributed by atoms with E-state index in [4.69, 9.17) is 19.9 Å². The molecule has 0 radical (unpaired) electrons. The van der Waals surface area contributed by atoms with Gasteiger partial charge in [0, 0.05) is 121 Å². The summed E-state index contributed by atoms with van der Waals surface area (Å²) >= 11 is 0. The van der Waals surface area contributed by atoms with Crippen molar-refractivity contribution in [2.24, 2.45) is 0 Å². The molecule has 31 rings (SSSR count). The van der Waals surface area contributed by atoms with E-state index in [0.29, 0.717) is 0 Å². The Hall–Kier alpha value is -20.2. The normalized spacial score (nSPS) is 11.7. The van der Waals surface area contributed by atoms with Crippen molar-refractivity contribution < 1.29 is 0 Å². The van der Waals surface area contributed by atoms with Crippen molar-refractivity contribution in [3.05, 3.63) is 546 Å². The van der Waals surface area contributed by atoms with Gasteiger partial charge in [-0.15, -0.1) is 0 Å². The molecule has 10 heterocycles. The van der Waals surface area contributed by atoms with Crippen LogP contribution in [0.25, 0.3) is 276 Å². The molecule has 21 aromatic carbocycles. The molecule has 0 aliphatic heterocycles. The summed E-state index contributed by atoms with van der Waals surface area (Å²) in [5.74, 6) is 0. The van der Waals surface area contributed by atoms with Crippen LogP contribution in [0.4, 0.5) is 0 Å². The molecule has 150 heavy (non-hydrogen) atoms. The summed E-state index contributed by atoms with van der Waals surface area (Å²) in [6.45, 7) is 0. The van der Waals surface area contributed by atoms with Crippen molar-refractivity contribution in [3.63, 3.8) is 0 Å². The zero-order chi connectivity index (χ0) is 98.8. The van der Waals surface area contributed by atoms with E-state index in [-0.39, 0.29) is 0 Å². The number of hydrogen-bond acceptors (Lipinski definition) is 4. The van der Waals surface area contributed by atoms with E-state index >= 15 is 0 Å². The SMILES string of the molecule is c1ccc(-c2ccc(-n3c4ccccc4c4cc(-c5ccc6c(c5)c5c7ccccc7ncc5n6-c5ccc(-c6ccccc6)cc5)ccc43)cc2)cc1.c1ccc(-c2cccc(-n3c4ccccc4c4cc(-c5ccc6c(c5)c5c7ccccc7ncc5n6-c5cccc(-c6ccccc6)c5)ccc43)c2)cc1.c1ccc(-n2c3ccc(-c4ccc5c(c4)c4cccnc4n5-c4ccccc4)cc3c3c4ccccc4ncc32)cc1. The first kappa shape index (κ1) is 86.5. The number of aromatic nitrogens is 10. The third-order valence-electron chi connectivity index (χ3n) is 30.3. The fourth-order valence-corrected chi connectivity index (χ4v) is 23.4. The Morgan fingerprint density at radius 1 is 0.120 bits per heavy atom. The van der Waals surface area contributed by atoms with Crippen molar-refractivity contribution >= 4 is 164 Å². The Morgan fingerprint density at radius 3 is 0.720 bits per heavy atom. The van der Waals surface area contributed by atoms with E-state index in [2.05, 4.69) is 537 Å². The second-order valence-corrected chi connectivity index (χ2v) is 38.7. The first-order chi connectivity index (χ1) is 74.4. The van der Waals surface area contributed by atoms with Gasteiger partial charge in [-0.1, -0.05) is 334 Å². The summed E-state index contributed by atoms with van der Waals surface area (Å²) in [7, 11) is 0. The molecule has 0 fully saturated rings. The maximum absolute atomic E-state index is 4.94. The van der Waals surface area contributed by atoms with E-state index in [1.165, 1.54) is 170 Å². The lowest BCUT2D eigenvalue weighted by Crippen LogP contribution is -1.95. The molecule has 0 aliphatic carbocycles. The van der Waals surface area contributed by atoms with Gasteiger partial charge in [0.1, 0.15) is 5.65 Å². The largest absolute Gasteiger partial charge is 0.309 e. The molecular formula is C140H90N10. The summed E-state index contributed by atoms with van der Waals surface area (Å²) in [5, 5.41) is 18.1. The Labute approximate surface area is 863 Å². The molecule has 31 aromatic rings. The minimum Gasteiger partial charge on any atom is -0.309 e. The monoisotopic (exact) mass is 1910 g/mol. The first-order valence-corrected chi connectivity index (χ1v) is 51.1. The van der Waals surface area contributed by atoms with Gasteiger partial charge in [0.15, 0.2) is 0 Å². The molecule has 0 saturated carbocycles. The number of para-hydroxylation sites is 7. The molecule has 0 N–H and O–H groups in total. The van der Waals surface area contributed by atoms with Crippen LogP contribution in [-0.4, -0.2) is 47.3 Å². The highest BCUT2D eigenvalue weighted by Gasteiger charge is 2.26. The number of fused-ring (bicyclic) bond motifs is 24. The quantitative estimate of drug-likeness (QED) is 0.115. The second kappa shape index (κ2) is 36.0. The minimum absolute atomic E-state index is 0.969. The lowest BCUT2D eigenvalue weighted by Gasteiger charge is -2.11. The number of rotatable bonds is 13. The van der Waals surface area contributed by atoms with E-state index in [0.717, 1.165) is 106 Å². The van der Waals surface area contributed by atoms with Crippen molar-refractivity contribution in [2.45, 2.75) is 0 Å². The smallest absolute Gasteiger partial charge is 0.145 e. The lowest BCUT2D eigenvalue weighted by molar-refractivity contribution is 1.14. The molecule has 0 atom stereocenters. The molecule has 0 aliphatic rings. The Kier molecular flexibility index (Phi) is 20.7. The van der Waals surface area contributed by atoms with Gasteiger partial charge < -0.3 is 22.8 Å². The van der Waals surface area contributed by atoms with Crippen LogP contribution in [-0.2, 0) is 0 Å². The first-order valence-electron chi connectivity index (χ1n) is 51.1. The van der Waals surface area contributed by atoms with Crippen LogP contribution < -0.4 is 0 Å². The predicted molar refractivity (Wildman–Crippen MR) is 627 cm³/mol. The van der Waals surface area contributed by atoms with E-state index in [1.54, 1.807) is 0 Å². The summed E-state index contributed by atoms with van der Waals surface area (Å²) in [4.78, 5) is 19.5. The predicted octanol–water partition coefficient (Wildman–Crippen LogP) is 36.4. The highest BCUT2D eigenvalue weighted by molar-refractivity contribution is 6.25. The Balaban J connectivity index is 0.000000107. The summed E-state index contributed by atoms with van der Waals surface area (Å²) < 4.78 is 14.1. The van der Waals surface area contributed by atoms with Crippen LogP contribution in [0.3, 0.4) is 0 Å². The zero-order valence-corrected chi connectivity index (χ0v) is 81.4. The van der Waals surface area contributed by atoms with Crippen LogP contribution in [0.1, 0.15) is 0 Å². The van der Waals surface area contributed by atoms with Crippen LogP contribution in [0.5, 0.6) is 0 Å². The van der Waals surface area contributed by atoms with E-state index in [9.17, 15) is 0 Å². The third kappa shape index (κ3) is 14.6. The number of pyridine rings is 4. The molecule has 10 nitrogen and oxygen atoms in total. The van der Waals surface area contributed by atoms with Gasteiger partial charge in [-0.2, -0.15) is 0 Å². The number of benzene rings is 21. The second-order valence-electron chi connectivity index (χ2n) is 38.7. The highest BCUT2D eigenvalue weighted by atomic mass is 15.1. The molecule has 0 unspecified atom stereocenters. The molecule has 0 amide bonds. The van der Waals surface area contributed by atoms with Crippen molar-refractivity contribution in [2.75, 3.05) is 0 Å². The van der Waals surface area contributed by atoms with E-state index in [1.807, 2.05) is 36.9 Å². The molecule has 0 spiro atoms. The topological polar surface area (TPSA) is 81.1 Å². The molecule has 0 saturated heterocycles. The van der Waals surface area contributed by atoms with Crippen LogP contribution in [0.2, 0.25) is 0 Å². The average molecular weight is 1910 g/mol. The van der Waals surface area contributed by atoms with Crippen LogP contribution in [0.15, 0.2) is 546 Å². The van der Waals surface area contributed by atoms with Gasteiger partial charge in [0.25, 0.3) is 0 Å². The maximum Gasteiger partial charge on any atom is 0.145 e. The average Bonchev–Trinajstić information content (AvgIpc) is 1.58.